The number of phosphoric acid groups is 1. The van der Waals surface area contributed by atoms with Crippen molar-refractivity contribution >= 4 is 25.7 Å². The molecule has 0 aromatic carbocycles. The van der Waals surface area contributed by atoms with Crippen LogP contribution in [-0.4, -0.2) is 79.1 Å². The average molecular weight is 903 g/mol. The molecule has 14 heteroatoms. The van der Waals surface area contributed by atoms with Gasteiger partial charge in [-0.25, -0.2) is 4.57 Å². The summed E-state index contributed by atoms with van der Waals surface area (Å²) in [7, 11) is -4.75. The molecule has 0 spiro atoms. The SMILES string of the molecule is CCCCCCCC/C=C/CCCCCCCC(=O)OC[C@H](COP(=O)(O)OCC(O)COC(=O)[C@H](N)CCCCN)OC(=O)CCCCCCC/C=C/CCCCCCCC. The average Bonchev–Trinajstić information content (AvgIpc) is 3.25. The molecule has 2 unspecified atom stereocenters. The van der Waals surface area contributed by atoms with Gasteiger partial charge in [0.05, 0.1) is 13.2 Å². The van der Waals surface area contributed by atoms with Gasteiger partial charge in [0.15, 0.2) is 6.10 Å². The second kappa shape index (κ2) is 44.1. The maximum atomic E-state index is 12.8. The first kappa shape index (κ1) is 59.9. The van der Waals surface area contributed by atoms with E-state index in [1.54, 1.807) is 0 Å². The number of aliphatic hydroxyl groups is 1. The van der Waals surface area contributed by atoms with Crippen LogP contribution < -0.4 is 11.5 Å². The molecule has 13 nitrogen and oxygen atoms in total. The lowest BCUT2D eigenvalue weighted by Gasteiger charge is -2.20. The fourth-order valence-electron chi connectivity index (χ4n) is 6.65. The molecule has 6 N–H and O–H groups in total. The molecule has 62 heavy (non-hydrogen) atoms. The van der Waals surface area contributed by atoms with Crippen molar-refractivity contribution in [2.24, 2.45) is 11.5 Å². The third kappa shape index (κ3) is 41.9. The van der Waals surface area contributed by atoms with Crippen LogP contribution in [0.4, 0.5) is 0 Å². The zero-order valence-corrected chi connectivity index (χ0v) is 40.1. The second-order valence-corrected chi connectivity index (χ2v) is 18.2. The van der Waals surface area contributed by atoms with Crippen LogP contribution >= 0.6 is 7.82 Å². The van der Waals surface area contributed by atoms with Crippen LogP contribution in [0.15, 0.2) is 24.3 Å². The van der Waals surface area contributed by atoms with Crippen molar-refractivity contribution in [1.29, 1.82) is 0 Å². The molecular formula is C48H91N2O11P. The van der Waals surface area contributed by atoms with E-state index in [2.05, 4.69) is 38.2 Å². The van der Waals surface area contributed by atoms with E-state index in [0.29, 0.717) is 38.6 Å². The van der Waals surface area contributed by atoms with E-state index in [9.17, 15) is 28.9 Å². The van der Waals surface area contributed by atoms with Crippen molar-refractivity contribution in [3.8, 4) is 0 Å². The van der Waals surface area contributed by atoms with Crippen LogP contribution in [-0.2, 0) is 42.2 Å². The maximum absolute atomic E-state index is 12.8. The van der Waals surface area contributed by atoms with Crippen molar-refractivity contribution in [1.82, 2.24) is 0 Å². The minimum atomic E-state index is -4.75. The highest BCUT2D eigenvalue weighted by Gasteiger charge is 2.28. The predicted octanol–water partition coefficient (Wildman–Crippen LogP) is 11.0. The zero-order valence-electron chi connectivity index (χ0n) is 39.2. The summed E-state index contributed by atoms with van der Waals surface area (Å²) in [6.07, 6.45) is 38.3. The smallest absolute Gasteiger partial charge is 0.462 e. The number of phosphoric ester groups is 1. The molecule has 0 aromatic rings. The van der Waals surface area contributed by atoms with Gasteiger partial charge in [-0.1, -0.05) is 147 Å². The van der Waals surface area contributed by atoms with E-state index in [-0.39, 0.29) is 19.4 Å². The highest BCUT2D eigenvalue weighted by molar-refractivity contribution is 7.47. The van der Waals surface area contributed by atoms with E-state index < -0.39 is 63.8 Å². The second-order valence-electron chi connectivity index (χ2n) is 16.7. The first-order valence-corrected chi connectivity index (χ1v) is 26.1. The molecule has 0 saturated heterocycles. The molecule has 0 amide bonds. The number of unbranched alkanes of at least 4 members (excludes halogenated alkanes) is 23. The molecule has 0 radical (unpaired) electrons. The molecule has 0 aliphatic rings. The fraction of sp³-hybridized carbons (Fsp3) is 0.854. The van der Waals surface area contributed by atoms with Crippen LogP contribution in [0, 0.1) is 0 Å². The topological polar surface area (TPSA) is 207 Å². The molecule has 364 valence electrons. The Labute approximate surface area is 376 Å². The summed E-state index contributed by atoms with van der Waals surface area (Å²) in [5, 5.41) is 10.2. The Kier molecular flexibility index (Phi) is 42.6. The molecule has 4 atom stereocenters. The van der Waals surface area contributed by atoms with Gasteiger partial charge >= 0.3 is 25.7 Å². The molecule has 0 aliphatic heterocycles. The summed E-state index contributed by atoms with van der Waals surface area (Å²) >= 11 is 0. The summed E-state index contributed by atoms with van der Waals surface area (Å²) in [5.74, 6) is -1.71. The first-order chi connectivity index (χ1) is 30.0. The van der Waals surface area contributed by atoms with Crippen molar-refractivity contribution in [2.75, 3.05) is 33.0 Å². The Hall–Kier alpha value is -2.12. The number of carbonyl (C=O) groups is 3. The number of ether oxygens (including phenoxy) is 3. The highest BCUT2D eigenvalue weighted by Crippen LogP contribution is 2.43. The number of nitrogens with two attached hydrogens (primary N) is 2. The summed E-state index contributed by atoms with van der Waals surface area (Å²) in [6, 6.07) is -0.880. The van der Waals surface area contributed by atoms with Crippen molar-refractivity contribution in [3.05, 3.63) is 24.3 Å². The summed E-state index contributed by atoms with van der Waals surface area (Å²) in [5.41, 5.74) is 11.2. The zero-order chi connectivity index (χ0) is 45.8. The molecule has 0 bridgehead atoms. The normalized spacial score (nSPS) is 14.2. The van der Waals surface area contributed by atoms with Crippen LogP contribution in [0.25, 0.3) is 0 Å². The summed E-state index contributed by atoms with van der Waals surface area (Å²) in [6.45, 7) is 2.82. The number of hydrogen-bond acceptors (Lipinski definition) is 12. The maximum Gasteiger partial charge on any atom is 0.472 e. The third-order valence-corrected chi connectivity index (χ3v) is 11.5. The van der Waals surface area contributed by atoms with Crippen molar-refractivity contribution < 1.29 is 52.2 Å². The molecule has 0 heterocycles. The Morgan fingerprint density at radius 3 is 1.47 bits per heavy atom. The van der Waals surface area contributed by atoms with Gasteiger partial charge in [0.25, 0.3) is 0 Å². The van der Waals surface area contributed by atoms with Crippen LogP contribution in [0.3, 0.4) is 0 Å². The Balaban J connectivity index is 4.68. The third-order valence-electron chi connectivity index (χ3n) is 10.6. The van der Waals surface area contributed by atoms with Gasteiger partial charge in [0.2, 0.25) is 0 Å². The van der Waals surface area contributed by atoms with Crippen LogP contribution in [0.1, 0.15) is 213 Å². The van der Waals surface area contributed by atoms with Gasteiger partial charge in [-0.05, 0) is 83.6 Å². The number of esters is 3. The van der Waals surface area contributed by atoms with Crippen molar-refractivity contribution in [2.45, 2.75) is 231 Å². The van der Waals surface area contributed by atoms with Gasteiger partial charge in [-0.3, -0.25) is 23.4 Å². The quantitative estimate of drug-likeness (QED) is 0.0148. The Bertz CT molecular complexity index is 1170. The minimum absolute atomic E-state index is 0.145. The molecule has 0 rings (SSSR count). The van der Waals surface area contributed by atoms with Crippen LogP contribution in [0.5, 0.6) is 0 Å². The predicted molar refractivity (Wildman–Crippen MR) is 249 cm³/mol. The molecular weight excluding hydrogens is 812 g/mol. The number of rotatable bonds is 46. The van der Waals surface area contributed by atoms with Gasteiger partial charge in [0, 0.05) is 12.8 Å². The number of allylic oxidation sites excluding steroid dienone is 4. The van der Waals surface area contributed by atoms with E-state index >= 15 is 0 Å². The fourth-order valence-corrected chi connectivity index (χ4v) is 7.44. The van der Waals surface area contributed by atoms with E-state index in [1.165, 1.54) is 77.0 Å². The number of carbonyl (C=O) groups excluding carboxylic acids is 3. The van der Waals surface area contributed by atoms with Crippen molar-refractivity contribution in [3.63, 3.8) is 0 Å². The number of hydrogen-bond donors (Lipinski definition) is 4. The largest absolute Gasteiger partial charge is 0.472 e. The molecule has 0 aliphatic carbocycles. The van der Waals surface area contributed by atoms with E-state index in [1.807, 2.05) is 0 Å². The lowest BCUT2D eigenvalue weighted by molar-refractivity contribution is -0.161. The van der Waals surface area contributed by atoms with Crippen LogP contribution in [0.2, 0.25) is 0 Å². The van der Waals surface area contributed by atoms with E-state index in [0.717, 1.165) is 77.0 Å². The summed E-state index contributed by atoms with van der Waals surface area (Å²) in [4.78, 5) is 47.7. The minimum Gasteiger partial charge on any atom is -0.462 e. The molecule has 0 aromatic heterocycles. The Morgan fingerprint density at radius 1 is 0.548 bits per heavy atom. The molecule has 0 saturated carbocycles. The Morgan fingerprint density at radius 2 is 0.984 bits per heavy atom. The van der Waals surface area contributed by atoms with E-state index in [4.69, 9.17) is 34.7 Å². The van der Waals surface area contributed by atoms with Gasteiger partial charge in [0.1, 0.15) is 25.4 Å². The lowest BCUT2D eigenvalue weighted by Crippen LogP contribution is -2.35. The monoisotopic (exact) mass is 903 g/mol. The molecule has 0 fully saturated rings. The highest BCUT2D eigenvalue weighted by atomic mass is 31.2. The number of aliphatic hydroxyl groups excluding tert-OH is 1. The van der Waals surface area contributed by atoms with Gasteiger partial charge in [-0.2, -0.15) is 0 Å². The summed E-state index contributed by atoms with van der Waals surface area (Å²) < 4.78 is 38.5. The first-order valence-electron chi connectivity index (χ1n) is 24.6. The standard InChI is InChI=1S/C48H91N2O11P/c1-3-5-7-9-11-13-15-17-19-21-23-25-27-29-31-36-46(52)57-41-44(42-60-62(55,56)59-40-43(51)39-58-48(54)45(50)35-33-34-38-49)61-47(53)37-32-30-28-26-24-22-20-18-16-14-12-10-8-6-4-2/h17-20,43-45,51H,3-16,21-42,49-50H2,1-2H3,(H,55,56)/b19-17+,20-18+/t43?,44-,45-/m1/s1. The van der Waals surface area contributed by atoms with Gasteiger partial charge < -0.3 is 35.7 Å². The lowest BCUT2D eigenvalue weighted by atomic mass is 10.1. The van der Waals surface area contributed by atoms with Gasteiger partial charge in [-0.15, -0.1) is 0 Å².